The van der Waals surface area contributed by atoms with E-state index < -0.39 is 0 Å². The zero-order valence-corrected chi connectivity index (χ0v) is 17.6. The first kappa shape index (κ1) is 19.6. The lowest BCUT2D eigenvalue weighted by Crippen LogP contribution is -2.22. The lowest BCUT2D eigenvalue weighted by atomic mass is 9.97. The Morgan fingerprint density at radius 2 is 1.80 bits per heavy atom. The Morgan fingerprint density at radius 3 is 2.53 bits per heavy atom. The highest BCUT2D eigenvalue weighted by Gasteiger charge is 2.15. The van der Waals surface area contributed by atoms with Gasteiger partial charge in [0.2, 0.25) is 0 Å². The Balaban J connectivity index is 1.66. The molecule has 0 aliphatic carbocycles. The van der Waals surface area contributed by atoms with Crippen LogP contribution in [0.15, 0.2) is 65.3 Å². The summed E-state index contributed by atoms with van der Waals surface area (Å²) in [5.74, 6) is 0.799. The maximum atomic E-state index is 12.6. The Labute approximate surface area is 175 Å². The van der Waals surface area contributed by atoms with Crippen LogP contribution >= 0.6 is 0 Å². The van der Waals surface area contributed by atoms with Crippen molar-refractivity contribution in [1.29, 1.82) is 0 Å². The third-order valence-corrected chi connectivity index (χ3v) is 5.17. The summed E-state index contributed by atoms with van der Waals surface area (Å²) < 4.78 is 7.14. The molecule has 152 valence electrons. The van der Waals surface area contributed by atoms with Gasteiger partial charge < -0.3 is 9.42 Å². The molecule has 0 saturated heterocycles. The number of hydrogen-bond acceptors (Lipinski definition) is 4. The van der Waals surface area contributed by atoms with E-state index in [1.54, 1.807) is 19.0 Å². The fourth-order valence-electron chi connectivity index (χ4n) is 3.50. The van der Waals surface area contributed by atoms with Gasteiger partial charge in [-0.3, -0.25) is 9.48 Å². The van der Waals surface area contributed by atoms with E-state index >= 15 is 0 Å². The van der Waals surface area contributed by atoms with Crippen molar-refractivity contribution in [2.75, 3.05) is 14.1 Å². The zero-order valence-electron chi connectivity index (χ0n) is 17.6. The van der Waals surface area contributed by atoms with Crippen molar-refractivity contribution in [2.24, 2.45) is 0 Å². The van der Waals surface area contributed by atoms with Crippen molar-refractivity contribution in [3.63, 3.8) is 0 Å². The van der Waals surface area contributed by atoms with Crippen LogP contribution in [-0.4, -0.2) is 39.8 Å². The standard InChI is InChI=1S/C24H24N4O2/c1-16-22(17(2)30-26-16)15-28-13-12-23(25-28)19-9-7-8-18(14-19)20-10-5-6-11-21(20)24(29)27(3)4/h5-14H,15H2,1-4H3. The van der Waals surface area contributed by atoms with Gasteiger partial charge in [0.25, 0.3) is 5.91 Å². The van der Waals surface area contributed by atoms with E-state index in [-0.39, 0.29) is 5.91 Å². The van der Waals surface area contributed by atoms with Crippen LogP contribution in [0.3, 0.4) is 0 Å². The second-order valence-corrected chi connectivity index (χ2v) is 7.53. The molecule has 0 aliphatic rings. The minimum Gasteiger partial charge on any atom is -0.361 e. The quantitative estimate of drug-likeness (QED) is 0.492. The molecule has 0 spiro atoms. The van der Waals surface area contributed by atoms with Crippen molar-refractivity contribution < 1.29 is 9.32 Å². The van der Waals surface area contributed by atoms with Crippen LogP contribution in [-0.2, 0) is 6.54 Å². The van der Waals surface area contributed by atoms with Gasteiger partial charge in [0.05, 0.1) is 17.9 Å². The molecule has 0 radical (unpaired) electrons. The Morgan fingerprint density at radius 1 is 1.03 bits per heavy atom. The van der Waals surface area contributed by atoms with Crippen molar-refractivity contribution in [2.45, 2.75) is 20.4 Å². The molecule has 4 aromatic rings. The van der Waals surface area contributed by atoms with Crippen LogP contribution in [0.5, 0.6) is 0 Å². The fraction of sp³-hybridized carbons (Fsp3) is 0.208. The third kappa shape index (κ3) is 3.76. The summed E-state index contributed by atoms with van der Waals surface area (Å²) in [4.78, 5) is 14.2. The molecule has 0 fully saturated rings. The number of carbonyl (C=O) groups is 1. The number of benzene rings is 2. The maximum absolute atomic E-state index is 12.6. The van der Waals surface area contributed by atoms with E-state index in [2.05, 4.69) is 11.2 Å². The number of hydrogen-bond donors (Lipinski definition) is 0. The van der Waals surface area contributed by atoms with Gasteiger partial charge in [0, 0.05) is 37.0 Å². The summed E-state index contributed by atoms with van der Waals surface area (Å²) in [5.41, 5.74) is 6.38. The van der Waals surface area contributed by atoms with Gasteiger partial charge in [0.15, 0.2) is 0 Å². The molecule has 0 unspecified atom stereocenters. The van der Waals surface area contributed by atoms with E-state index in [0.29, 0.717) is 12.1 Å². The molecule has 6 heteroatoms. The lowest BCUT2D eigenvalue weighted by Gasteiger charge is -2.14. The van der Waals surface area contributed by atoms with Crippen LogP contribution in [0.2, 0.25) is 0 Å². The minimum atomic E-state index is -0.0141. The van der Waals surface area contributed by atoms with Gasteiger partial charge >= 0.3 is 0 Å². The normalized spacial score (nSPS) is 10.9. The molecule has 4 rings (SSSR count). The second-order valence-electron chi connectivity index (χ2n) is 7.53. The number of amides is 1. The van der Waals surface area contributed by atoms with Crippen molar-refractivity contribution in [1.82, 2.24) is 19.8 Å². The molecule has 1 amide bonds. The van der Waals surface area contributed by atoms with Gasteiger partial charge in [-0.15, -0.1) is 0 Å². The third-order valence-electron chi connectivity index (χ3n) is 5.17. The van der Waals surface area contributed by atoms with Gasteiger partial charge in [0.1, 0.15) is 5.76 Å². The number of carbonyl (C=O) groups excluding carboxylic acids is 1. The van der Waals surface area contributed by atoms with Crippen LogP contribution in [0, 0.1) is 13.8 Å². The molecule has 2 aromatic carbocycles. The molecular formula is C24H24N4O2. The average molecular weight is 400 g/mol. The fourth-order valence-corrected chi connectivity index (χ4v) is 3.50. The minimum absolute atomic E-state index is 0.0141. The largest absolute Gasteiger partial charge is 0.361 e. The summed E-state index contributed by atoms with van der Waals surface area (Å²) >= 11 is 0. The van der Waals surface area contributed by atoms with Gasteiger partial charge in [-0.05, 0) is 43.2 Å². The Hall–Kier alpha value is -3.67. The topological polar surface area (TPSA) is 64.2 Å². The predicted molar refractivity (Wildman–Crippen MR) is 116 cm³/mol. The van der Waals surface area contributed by atoms with Crippen molar-refractivity contribution >= 4 is 5.91 Å². The predicted octanol–water partition coefficient (Wildman–Crippen LogP) is 4.57. The molecule has 6 nitrogen and oxygen atoms in total. The first-order chi connectivity index (χ1) is 14.4. The molecule has 2 heterocycles. The van der Waals surface area contributed by atoms with E-state index in [0.717, 1.165) is 39.4 Å². The van der Waals surface area contributed by atoms with Crippen molar-refractivity contribution in [3.05, 3.63) is 83.4 Å². The Kier molecular flexibility index (Phi) is 5.23. The summed E-state index contributed by atoms with van der Waals surface area (Å²) in [5, 5.41) is 8.74. The monoisotopic (exact) mass is 400 g/mol. The van der Waals surface area contributed by atoms with Crippen LogP contribution in [0.25, 0.3) is 22.4 Å². The van der Waals surface area contributed by atoms with E-state index in [1.165, 1.54) is 0 Å². The average Bonchev–Trinajstić information content (AvgIpc) is 3.35. The number of aromatic nitrogens is 3. The lowest BCUT2D eigenvalue weighted by molar-refractivity contribution is 0.0828. The second kappa shape index (κ2) is 7.99. The summed E-state index contributed by atoms with van der Waals surface area (Å²) in [7, 11) is 3.53. The molecule has 30 heavy (non-hydrogen) atoms. The van der Waals surface area contributed by atoms with E-state index in [1.807, 2.05) is 73.3 Å². The maximum Gasteiger partial charge on any atom is 0.253 e. The van der Waals surface area contributed by atoms with Crippen LogP contribution < -0.4 is 0 Å². The van der Waals surface area contributed by atoms with Gasteiger partial charge in [-0.1, -0.05) is 41.6 Å². The van der Waals surface area contributed by atoms with Crippen LogP contribution in [0.4, 0.5) is 0 Å². The first-order valence-electron chi connectivity index (χ1n) is 9.80. The molecule has 0 saturated carbocycles. The van der Waals surface area contributed by atoms with Crippen LogP contribution in [0.1, 0.15) is 27.4 Å². The molecular weight excluding hydrogens is 376 g/mol. The first-order valence-corrected chi connectivity index (χ1v) is 9.80. The smallest absolute Gasteiger partial charge is 0.253 e. The summed E-state index contributed by atoms with van der Waals surface area (Å²) in [6.07, 6.45) is 1.96. The molecule has 0 aliphatic heterocycles. The van der Waals surface area contributed by atoms with Gasteiger partial charge in [-0.2, -0.15) is 5.10 Å². The summed E-state index contributed by atoms with van der Waals surface area (Å²) in [6.45, 7) is 4.46. The number of rotatable bonds is 5. The van der Waals surface area contributed by atoms with Gasteiger partial charge in [-0.25, -0.2) is 0 Å². The molecule has 0 bridgehead atoms. The molecule has 0 N–H and O–H groups in total. The number of aryl methyl sites for hydroxylation is 2. The van der Waals surface area contributed by atoms with Crippen molar-refractivity contribution in [3.8, 4) is 22.4 Å². The SMILES string of the molecule is Cc1noc(C)c1Cn1ccc(-c2cccc(-c3ccccc3C(=O)N(C)C)c2)n1. The highest BCUT2D eigenvalue weighted by molar-refractivity contribution is 6.00. The number of nitrogens with zero attached hydrogens (tertiary/aromatic N) is 4. The molecule has 2 aromatic heterocycles. The highest BCUT2D eigenvalue weighted by atomic mass is 16.5. The van der Waals surface area contributed by atoms with E-state index in [9.17, 15) is 4.79 Å². The molecule has 0 atom stereocenters. The summed E-state index contributed by atoms with van der Waals surface area (Å²) in [6, 6.07) is 17.8. The Bertz CT molecular complexity index is 1180. The van der Waals surface area contributed by atoms with E-state index in [4.69, 9.17) is 9.62 Å². The zero-order chi connectivity index (χ0) is 21.3. The highest BCUT2D eigenvalue weighted by Crippen LogP contribution is 2.28.